The van der Waals surface area contributed by atoms with E-state index in [1.165, 1.54) is 0 Å². The van der Waals surface area contributed by atoms with E-state index in [-0.39, 0.29) is 17.9 Å². The number of fused-ring (bicyclic) bond motifs is 4. The number of hydrogen-bond acceptors (Lipinski definition) is 4. The Morgan fingerprint density at radius 3 is 2.40 bits per heavy atom. The first-order chi connectivity index (χ1) is 14.6. The number of benzene rings is 2. The summed E-state index contributed by atoms with van der Waals surface area (Å²) in [6.45, 7) is 2.16. The van der Waals surface area contributed by atoms with Gasteiger partial charge in [-0.2, -0.15) is 0 Å². The van der Waals surface area contributed by atoms with Crippen LogP contribution in [-0.4, -0.2) is 55.5 Å². The van der Waals surface area contributed by atoms with Crippen molar-refractivity contribution in [3.8, 4) is 11.5 Å². The Morgan fingerprint density at radius 2 is 1.67 bits per heavy atom. The summed E-state index contributed by atoms with van der Waals surface area (Å²) in [4.78, 5) is 31.0. The van der Waals surface area contributed by atoms with Gasteiger partial charge in [-0.3, -0.25) is 9.59 Å². The van der Waals surface area contributed by atoms with Crippen LogP contribution < -0.4 is 9.47 Å². The van der Waals surface area contributed by atoms with Crippen molar-refractivity contribution in [2.45, 2.75) is 31.2 Å². The molecule has 3 heterocycles. The molecule has 3 aliphatic heterocycles. The predicted molar refractivity (Wildman–Crippen MR) is 112 cm³/mol. The highest BCUT2D eigenvalue weighted by molar-refractivity contribution is 6.01. The zero-order valence-electron chi connectivity index (χ0n) is 17.4. The third-order valence-corrected chi connectivity index (χ3v) is 6.71. The first-order valence-electron chi connectivity index (χ1n) is 10.6. The number of carbonyl (C=O) groups excluding carboxylic acids is 2. The van der Waals surface area contributed by atoms with Crippen molar-refractivity contribution in [2.24, 2.45) is 0 Å². The summed E-state index contributed by atoms with van der Waals surface area (Å²) in [5.74, 6) is 1.01. The molecule has 0 bridgehead atoms. The van der Waals surface area contributed by atoms with Gasteiger partial charge in [0.15, 0.2) is 11.5 Å². The molecule has 5 rings (SSSR count). The maximum Gasteiger partial charge on any atom is 0.254 e. The Morgan fingerprint density at radius 1 is 0.967 bits per heavy atom. The maximum atomic E-state index is 13.7. The van der Waals surface area contributed by atoms with Gasteiger partial charge in [0.25, 0.3) is 5.91 Å². The van der Waals surface area contributed by atoms with Gasteiger partial charge in [-0.05, 0) is 54.2 Å². The van der Waals surface area contributed by atoms with Crippen LogP contribution in [0.3, 0.4) is 0 Å². The molecule has 2 unspecified atom stereocenters. The Hall–Kier alpha value is -3.02. The van der Waals surface area contributed by atoms with Crippen LogP contribution in [0.25, 0.3) is 0 Å². The zero-order valence-corrected chi connectivity index (χ0v) is 17.4. The number of amides is 2. The van der Waals surface area contributed by atoms with Crippen molar-refractivity contribution >= 4 is 11.8 Å². The molecule has 0 saturated carbocycles. The summed E-state index contributed by atoms with van der Waals surface area (Å²) in [7, 11) is 3.23. The number of rotatable bonds is 3. The van der Waals surface area contributed by atoms with E-state index in [4.69, 9.17) is 9.47 Å². The van der Waals surface area contributed by atoms with E-state index < -0.39 is 5.92 Å². The second-order valence-electron chi connectivity index (χ2n) is 8.20. The lowest BCUT2D eigenvalue weighted by Crippen LogP contribution is -2.50. The molecule has 0 N–H and O–H groups in total. The third kappa shape index (κ3) is 2.77. The van der Waals surface area contributed by atoms with Gasteiger partial charge in [0, 0.05) is 25.2 Å². The molecule has 6 heteroatoms. The van der Waals surface area contributed by atoms with E-state index in [0.717, 1.165) is 49.0 Å². The molecule has 1 saturated heterocycles. The van der Waals surface area contributed by atoms with Crippen molar-refractivity contribution in [3.05, 3.63) is 58.7 Å². The first-order valence-corrected chi connectivity index (χ1v) is 10.6. The SMILES string of the molecule is COc1cc2c(cc1OC)C1C(C(=O)N3CCCC3)c3ccccc3C(=O)N1CC2. The minimum Gasteiger partial charge on any atom is -0.493 e. The topological polar surface area (TPSA) is 59.1 Å². The smallest absolute Gasteiger partial charge is 0.254 e. The normalized spacial score (nSPS) is 22.3. The minimum absolute atomic E-state index is 0.00140. The highest BCUT2D eigenvalue weighted by atomic mass is 16.5. The van der Waals surface area contributed by atoms with Gasteiger partial charge in [-0.1, -0.05) is 18.2 Å². The lowest BCUT2D eigenvalue weighted by Gasteiger charge is -2.46. The maximum absolute atomic E-state index is 13.7. The Bertz CT molecular complexity index is 1010. The molecule has 6 nitrogen and oxygen atoms in total. The van der Waals surface area contributed by atoms with Crippen LogP contribution >= 0.6 is 0 Å². The van der Waals surface area contributed by atoms with Crippen molar-refractivity contribution in [2.75, 3.05) is 33.9 Å². The molecule has 1 fully saturated rings. The Balaban J connectivity index is 1.69. The summed E-state index contributed by atoms with van der Waals surface area (Å²) in [5.41, 5.74) is 3.58. The van der Waals surface area contributed by atoms with Gasteiger partial charge in [-0.25, -0.2) is 0 Å². The molecule has 156 valence electrons. The first kappa shape index (κ1) is 19.0. The Labute approximate surface area is 176 Å². The molecule has 2 atom stereocenters. The highest BCUT2D eigenvalue weighted by Gasteiger charge is 2.47. The van der Waals surface area contributed by atoms with E-state index in [0.29, 0.717) is 23.6 Å². The standard InChI is InChI=1S/C24H26N2O4/c1-29-19-13-15-9-12-26-22(18(15)14-20(19)30-2)21(24(28)25-10-5-6-11-25)16-7-3-4-8-17(16)23(26)27/h3-4,7-8,13-14,21-22H,5-6,9-12H2,1-2H3. The van der Waals surface area contributed by atoms with Crippen LogP contribution in [0.5, 0.6) is 11.5 Å². The second kappa shape index (κ2) is 7.35. The fourth-order valence-electron chi connectivity index (χ4n) is 5.25. The van der Waals surface area contributed by atoms with E-state index in [1.54, 1.807) is 14.2 Å². The van der Waals surface area contributed by atoms with E-state index in [2.05, 4.69) is 0 Å². The molecule has 0 radical (unpaired) electrons. The van der Waals surface area contributed by atoms with Crippen molar-refractivity contribution in [1.29, 1.82) is 0 Å². The lowest BCUT2D eigenvalue weighted by atomic mass is 9.75. The number of nitrogens with zero attached hydrogens (tertiary/aromatic N) is 2. The van der Waals surface area contributed by atoms with Crippen LogP contribution in [0.4, 0.5) is 0 Å². The van der Waals surface area contributed by atoms with Crippen molar-refractivity contribution < 1.29 is 19.1 Å². The van der Waals surface area contributed by atoms with Gasteiger partial charge < -0.3 is 19.3 Å². The fourth-order valence-corrected chi connectivity index (χ4v) is 5.25. The van der Waals surface area contributed by atoms with Crippen molar-refractivity contribution in [1.82, 2.24) is 9.80 Å². The number of ether oxygens (including phenoxy) is 2. The quantitative estimate of drug-likeness (QED) is 0.786. The van der Waals surface area contributed by atoms with Crippen LogP contribution in [0.2, 0.25) is 0 Å². The molecule has 2 aromatic rings. The molecular formula is C24H26N2O4. The number of methoxy groups -OCH3 is 2. The number of likely N-dealkylation sites (tertiary alicyclic amines) is 1. The monoisotopic (exact) mass is 406 g/mol. The minimum atomic E-state index is -0.408. The van der Waals surface area contributed by atoms with Crippen molar-refractivity contribution in [3.63, 3.8) is 0 Å². The molecule has 30 heavy (non-hydrogen) atoms. The largest absolute Gasteiger partial charge is 0.493 e. The van der Waals surface area contributed by atoms with E-state index in [1.807, 2.05) is 46.2 Å². The van der Waals surface area contributed by atoms with Crippen LogP contribution in [0.1, 0.15) is 51.8 Å². The second-order valence-corrected chi connectivity index (χ2v) is 8.20. The lowest BCUT2D eigenvalue weighted by molar-refractivity contribution is -0.133. The van der Waals surface area contributed by atoms with E-state index in [9.17, 15) is 9.59 Å². The van der Waals surface area contributed by atoms with Gasteiger partial charge >= 0.3 is 0 Å². The highest BCUT2D eigenvalue weighted by Crippen LogP contribution is 2.49. The van der Waals surface area contributed by atoms with Crippen LogP contribution in [0, 0.1) is 0 Å². The zero-order chi connectivity index (χ0) is 20.8. The fraction of sp³-hybridized carbons (Fsp3) is 0.417. The van der Waals surface area contributed by atoms with Crippen LogP contribution in [0.15, 0.2) is 36.4 Å². The predicted octanol–water partition coefficient (Wildman–Crippen LogP) is 3.16. The summed E-state index contributed by atoms with van der Waals surface area (Å²) in [6.07, 6.45) is 2.80. The van der Waals surface area contributed by atoms with Gasteiger partial charge in [0.2, 0.25) is 5.91 Å². The molecule has 2 aromatic carbocycles. The molecule has 2 amide bonds. The van der Waals surface area contributed by atoms with Crippen LogP contribution in [-0.2, 0) is 11.2 Å². The molecule has 0 aromatic heterocycles. The third-order valence-electron chi connectivity index (χ3n) is 6.71. The van der Waals surface area contributed by atoms with Gasteiger partial charge in [-0.15, -0.1) is 0 Å². The average molecular weight is 406 g/mol. The Kier molecular flexibility index (Phi) is 4.65. The van der Waals surface area contributed by atoms with Gasteiger partial charge in [0.1, 0.15) is 0 Å². The molecular weight excluding hydrogens is 380 g/mol. The summed E-state index contributed by atoms with van der Waals surface area (Å²) < 4.78 is 11.0. The number of hydrogen-bond donors (Lipinski definition) is 0. The van der Waals surface area contributed by atoms with Gasteiger partial charge in [0.05, 0.1) is 26.2 Å². The van der Waals surface area contributed by atoms with E-state index >= 15 is 0 Å². The summed E-state index contributed by atoms with van der Waals surface area (Å²) in [5, 5.41) is 0. The number of carbonyl (C=O) groups is 2. The average Bonchev–Trinajstić information content (AvgIpc) is 3.33. The summed E-state index contributed by atoms with van der Waals surface area (Å²) in [6, 6.07) is 11.2. The molecule has 3 aliphatic rings. The molecule has 0 aliphatic carbocycles. The molecule has 0 spiro atoms. The summed E-state index contributed by atoms with van der Waals surface area (Å²) >= 11 is 0.